The van der Waals surface area contributed by atoms with Crippen molar-refractivity contribution in [2.45, 2.75) is 38.6 Å². The Morgan fingerprint density at radius 2 is 2.14 bits per heavy atom. The lowest BCUT2D eigenvalue weighted by Gasteiger charge is -2.21. The Bertz CT molecular complexity index is 211. The first-order chi connectivity index (χ1) is 6.81. The first kappa shape index (κ1) is 9.97. The van der Waals surface area contributed by atoms with E-state index in [1.807, 2.05) is 0 Å². The molecule has 0 aromatic carbocycles. The van der Waals surface area contributed by atoms with Crippen LogP contribution in [0, 0.1) is 11.8 Å². The molecule has 0 spiro atoms. The van der Waals surface area contributed by atoms with Gasteiger partial charge >= 0.3 is 0 Å². The topological polar surface area (TPSA) is 41.1 Å². The minimum absolute atomic E-state index is 0.273. The number of rotatable bonds is 3. The molecule has 1 aliphatic carbocycles. The van der Waals surface area contributed by atoms with Crippen LogP contribution in [-0.4, -0.2) is 25.0 Å². The van der Waals surface area contributed by atoms with E-state index in [9.17, 15) is 4.79 Å². The molecule has 1 aliphatic heterocycles. The van der Waals surface area contributed by atoms with Gasteiger partial charge in [-0.05, 0) is 38.3 Å². The first-order valence-corrected chi connectivity index (χ1v) is 5.82. The molecular weight excluding hydrogens is 176 g/mol. The van der Waals surface area contributed by atoms with E-state index in [0.29, 0.717) is 11.9 Å². The van der Waals surface area contributed by atoms with Crippen molar-refractivity contribution in [1.82, 2.24) is 10.6 Å². The van der Waals surface area contributed by atoms with Gasteiger partial charge in [0.25, 0.3) is 0 Å². The summed E-state index contributed by atoms with van der Waals surface area (Å²) in [5.41, 5.74) is 0. The molecule has 1 saturated heterocycles. The summed E-state index contributed by atoms with van der Waals surface area (Å²) in [6.45, 7) is 4.20. The van der Waals surface area contributed by atoms with Gasteiger partial charge < -0.3 is 10.6 Å². The summed E-state index contributed by atoms with van der Waals surface area (Å²) in [6.07, 6.45) is 4.43. The van der Waals surface area contributed by atoms with E-state index in [1.54, 1.807) is 0 Å². The summed E-state index contributed by atoms with van der Waals surface area (Å²) in [6, 6.07) is 0.502. The summed E-state index contributed by atoms with van der Waals surface area (Å²) in [7, 11) is 0. The van der Waals surface area contributed by atoms with Crippen molar-refractivity contribution in [2.24, 2.45) is 11.8 Å². The van der Waals surface area contributed by atoms with Crippen molar-refractivity contribution < 1.29 is 4.79 Å². The van der Waals surface area contributed by atoms with E-state index in [0.717, 1.165) is 31.8 Å². The lowest BCUT2D eigenvalue weighted by molar-refractivity contribution is -0.125. The number of nitrogens with one attached hydrogen (secondary N) is 2. The predicted molar refractivity (Wildman–Crippen MR) is 55.9 cm³/mol. The van der Waals surface area contributed by atoms with Crippen LogP contribution in [0.2, 0.25) is 0 Å². The third-order valence-corrected chi connectivity index (χ3v) is 3.48. The largest absolute Gasteiger partial charge is 0.353 e. The van der Waals surface area contributed by atoms with E-state index in [-0.39, 0.29) is 5.92 Å². The van der Waals surface area contributed by atoms with Crippen LogP contribution in [0.1, 0.15) is 32.6 Å². The van der Waals surface area contributed by atoms with Gasteiger partial charge in [-0.1, -0.05) is 13.3 Å². The molecule has 2 rings (SSSR count). The number of carbonyl (C=O) groups excluding carboxylic acids is 1. The number of carbonyl (C=O) groups is 1. The predicted octanol–water partition coefficient (Wildman–Crippen LogP) is 0.901. The summed E-state index contributed by atoms with van der Waals surface area (Å²) in [4.78, 5) is 11.8. The molecule has 1 saturated carbocycles. The molecule has 80 valence electrons. The Labute approximate surface area is 85.6 Å². The highest BCUT2D eigenvalue weighted by molar-refractivity contribution is 5.79. The monoisotopic (exact) mass is 196 g/mol. The molecule has 14 heavy (non-hydrogen) atoms. The van der Waals surface area contributed by atoms with Gasteiger partial charge in [0.15, 0.2) is 0 Å². The van der Waals surface area contributed by atoms with Crippen molar-refractivity contribution >= 4 is 5.91 Å². The number of hydrogen-bond donors (Lipinski definition) is 2. The zero-order valence-corrected chi connectivity index (χ0v) is 8.88. The zero-order chi connectivity index (χ0) is 9.97. The van der Waals surface area contributed by atoms with Crippen LogP contribution in [0.4, 0.5) is 0 Å². The molecule has 2 N–H and O–H groups in total. The minimum Gasteiger partial charge on any atom is -0.353 e. The molecule has 2 unspecified atom stereocenters. The number of amides is 1. The maximum atomic E-state index is 11.8. The van der Waals surface area contributed by atoms with Crippen LogP contribution in [0.5, 0.6) is 0 Å². The van der Waals surface area contributed by atoms with Gasteiger partial charge in [0.2, 0.25) is 5.91 Å². The van der Waals surface area contributed by atoms with Crippen molar-refractivity contribution in [3.63, 3.8) is 0 Å². The van der Waals surface area contributed by atoms with Crippen LogP contribution in [0.3, 0.4) is 0 Å². The third kappa shape index (κ3) is 2.27. The summed E-state index contributed by atoms with van der Waals surface area (Å²) in [5.74, 6) is 1.34. The van der Waals surface area contributed by atoms with Crippen molar-refractivity contribution in [1.29, 1.82) is 0 Å². The second-order valence-corrected chi connectivity index (χ2v) is 4.54. The highest BCUT2D eigenvalue weighted by atomic mass is 16.2. The average molecular weight is 196 g/mol. The fourth-order valence-electron chi connectivity index (χ4n) is 2.26. The zero-order valence-electron chi connectivity index (χ0n) is 8.88. The quantitative estimate of drug-likeness (QED) is 0.704. The lowest BCUT2D eigenvalue weighted by atomic mass is 9.97. The Balaban J connectivity index is 1.72. The Hall–Kier alpha value is -0.570. The van der Waals surface area contributed by atoms with Gasteiger partial charge in [-0.25, -0.2) is 0 Å². The number of piperidine rings is 1. The van der Waals surface area contributed by atoms with Crippen molar-refractivity contribution in [2.75, 3.05) is 13.1 Å². The van der Waals surface area contributed by atoms with Crippen LogP contribution in [0.25, 0.3) is 0 Å². The van der Waals surface area contributed by atoms with Crippen LogP contribution in [-0.2, 0) is 4.79 Å². The van der Waals surface area contributed by atoms with Crippen LogP contribution >= 0.6 is 0 Å². The highest BCUT2D eigenvalue weighted by Gasteiger charge is 2.37. The molecule has 2 fully saturated rings. The standard InChI is InChI=1S/C11H20N2O/c1-2-8-7-10(8)13-11(14)9-3-5-12-6-4-9/h8-10,12H,2-7H2,1H3,(H,13,14). The molecule has 3 heteroatoms. The van der Waals surface area contributed by atoms with E-state index in [4.69, 9.17) is 0 Å². The Kier molecular flexibility index (Phi) is 3.06. The minimum atomic E-state index is 0.273. The van der Waals surface area contributed by atoms with E-state index in [1.165, 1.54) is 12.8 Å². The van der Waals surface area contributed by atoms with Gasteiger partial charge in [-0.15, -0.1) is 0 Å². The molecular formula is C11H20N2O. The normalized spacial score (nSPS) is 32.6. The summed E-state index contributed by atoms with van der Waals surface area (Å²) >= 11 is 0. The SMILES string of the molecule is CCC1CC1NC(=O)C1CCNCC1. The maximum Gasteiger partial charge on any atom is 0.223 e. The van der Waals surface area contributed by atoms with Crippen LogP contribution < -0.4 is 10.6 Å². The highest BCUT2D eigenvalue weighted by Crippen LogP contribution is 2.33. The number of hydrogen-bond acceptors (Lipinski definition) is 2. The molecule has 0 bridgehead atoms. The second kappa shape index (κ2) is 4.30. The Morgan fingerprint density at radius 1 is 1.43 bits per heavy atom. The van der Waals surface area contributed by atoms with Gasteiger partial charge in [0, 0.05) is 12.0 Å². The molecule has 3 nitrogen and oxygen atoms in total. The fourth-order valence-corrected chi connectivity index (χ4v) is 2.26. The smallest absolute Gasteiger partial charge is 0.223 e. The van der Waals surface area contributed by atoms with E-state index in [2.05, 4.69) is 17.6 Å². The molecule has 1 amide bonds. The fraction of sp³-hybridized carbons (Fsp3) is 0.909. The third-order valence-electron chi connectivity index (χ3n) is 3.48. The molecule has 0 radical (unpaired) electrons. The molecule has 2 atom stereocenters. The van der Waals surface area contributed by atoms with Crippen LogP contribution in [0.15, 0.2) is 0 Å². The second-order valence-electron chi connectivity index (χ2n) is 4.54. The molecule has 2 aliphatic rings. The average Bonchev–Trinajstić information content (AvgIpc) is 2.98. The van der Waals surface area contributed by atoms with Crippen molar-refractivity contribution in [3.8, 4) is 0 Å². The van der Waals surface area contributed by atoms with E-state index >= 15 is 0 Å². The lowest BCUT2D eigenvalue weighted by Crippen LogP contribution is -2.39. The van der Waals surface area contributed by atoms with Gasteiger partial charge in [0.05, 0.1) is 0 Å². The molecule has 1 heterocycles. The maximum absolute atomic E-state index is 11.8. The molecule has 0 aromatic rings. The van der Waals surface area contributed by atoms with Crippen molar-refractivity contribution in [3.05, 3.63) is 0 Å². The van der Waals surface area contributed by atoms with Gasteiger partial charge in [-0.2, -0.15) is 0 Å². The van der Waals surface area contributed by atoms with Gasteiger partial charge in [0.1, 0.15) is 0 Å². The van der Waals surface area contributed by atoms with E-state index < -0.39 is 0 Å². The summed E-state index contributed by atoms with van der Waals surface area (Å²) in [5, 5.41) is 6.44. The molecule has 0 aromatic heterocycles. The Morgan fingerprint density at radius 3 is 2.71 bits per heavy atom. The van der Waals surface area contributed by atoms with Gasteiger partial charge in [-0.3, -0.25) is 4.79 Å². The summed E-state index contributed by atoms with van der Waals surface area (Å²) < 4.78 is 0. The first-order valence-electron chi connectivity index (χ1n) is 5.82.